The van der Waals surface area contributed by atoms with Gasteiger partial charge in [0.15, 0.2) is 0 Å². The van der Waals surface area contributed by atoms with Crippen LogP contribution in [0.25, 0.3) is 0 Å². The highest BCUT2D eigenvalue weighted by molar-refractivity contribution is 5.49. The van der Waals surface area contributed by atoms with Crippen molar-refractivity contribution in [3.63, 3.8) is 0 Å². The van der Waals surface area contributed by atoms with Gasteiger partial charge in [-0.25, -0.2) is 0 Å². The van der Waals surface area contributed by atoms with Crippen LogP contribution in [0.3, 0.4) is 0 Å². The molecule has 0 amide bonds. The van der Waals surface area contributed by atoms with Gasteiger partial charge in [0, 0.05) is 18.1 Å². The Morgan fingerprint density at radius 3 is 2.05 bits per heavy atom. The molecular weight excluding hydrogens is 256 g/mol. The fourth-order valence-corrected chi connectivity index (χ4v) is 2.37. The Hall–Kier alpha value is -2.61. The van der Waals surface area contributed by atoms with Gasteiger partial charge in [-0.3, -0.25) is 4.98 Å². The summed E-state index contributed by atoms with van der Waals surface area (Å²) in [7, 11) is 0. The quantitative estimate of drug-likeness (QED) is 0.752. The van der Waals surface area contributed by atoms with Crippen LogP contribution in [-0.4, -0.2) is 4.98 Å². The number of nitrogens with one attached hydrogen (secondary N) is 1. The maximum absolute atomic E-state index is 4.11. The minimum atomic E-state index is 0.121. The van der Waals surface area contributed by atoms with Crippen LogP contribution in [0.2, 0.25) is 0 Å². The highest BCUT2D eigenvalue weighted by Crippen LogP contribution is 2.26. The number of nitrogens with zero attached hydrogens (tertiary/aromatic N) is 1. The Bertz CT molecular complexity index is 676. The Morgan fingerprint density at radius 1 is 0.762 bits per heavy atom. The molecule has 2 nitrogen and oxygen atoms in total. The van der Waals surface area contributed by atoms with E-state index in [0.29, 0.717) is 0 Å². The normalized spacial score (nSPS) is 11.9. The Balaban J connectivity index is 1.97. The molecule has 1 heterocycles. The molecule has 3 aromatic rings. The van der Waals surface area contributed by atoms with Gasteiger partial charge in [0.2, 0.25) is 0 Å². The van der Waals surface area contributed by atoms with Crippen molar-refractivity contribution >= 4 is 5.69 Å². The minimum absolute atomic E-state index is 0.121. The molecule has 2 aromatic carbocycles. The molecule has 0 aliphatic rings. The van der Waals surface area contributed by atoms with E-state index in [1.807, 2.05) is 30.6 Å². The number of rotatable bonds is 4. The van der Waals surface area contributed by atoms with Crippen molar-refractivity contribution < 1.29 is 0 Å². The average Bonchev–Trinajstić information content (AvgIpc) is 2.55. The van der Waals surface area contributed by atoms with Crippen LogP contribution in [0.4, 0.5) is 5.69 Å². The first kappa shape index (κ1) is 13.4. The summed E-state index contributed by atoms with van der Waals surface area (Å²) in [5, 5.41) is 3.60. The van der Waals surface area contributed by atoms with E-state index in [9.17, 15) is 0 Å². The second kappa shape index (κ2) is 6.23. The third-order valence-electron chi connectivity index (χ3n) is 3.53. The molecule has 1 unspecified atom stereocenters. The lowest BCUT2D eigenvalue weighted by Crippen LogP contribution is -2.12. The summed E-state index contributed by atoms with van der Waals surface area (Å²) in [6.45, 7) is 2.11. The van der Waals surface area contributed by atoms with Crippen molar-refractivity contribution in [2.24, 2.45) is 0 Å². The standard InChI is InChI=1S/C19H18N2/c1-15-7-9-16(10-8-15)19(17-11-13-20-14-12-17)21-18-5-3-2-4-6-18/h2-14,19,21H,1H3. The Labute approximate surface area is 125 Å². The first-order valence-electron chi connectivity index (χ1n) is 7.11. The molecule has 0 aliphatic carbocycles. The highest BCUT2D eigenvalue weighted by atomic mass is 14.9. The molecule has 3 rings (SSSR count). The van der Waals surface area contributed by atoms with E-state index in [1.165, 1.54) is 16.7 Å². The molecular formula is C19H18N2. The van der Waals surface area contributed by atoms with Gasteiger partial charge in [0.05, 0.1) is 6.04 Å². The summed E-state index contributed by atoms with van der Waals surface area (Å²) >= 11 is 0. The molecule has 0 bridgehead atoms. The smallest absolute Gasteiger partial charge is 0.0768 e. The molecule has 0 saturated carbocycles. The summed E-state index contributed by atoms with van der Waals surface area (Å²) in [5.74, 6) is 0. The number of hydrogen-bond donors (Lipinski definition) is 1. The molecule has 0 fully saturated rings. The predicted molar refractivity (Wildman–Crippen MR) is 87.3 cm³/mol. The molecule has 1 N–H and O–H groups in total. The lowest BCUT2D eigenvalue weighted by molar-refractivity contribution is 0.933. The summed E-state index contributed by atoms with van der Waals surface area (Å²) in [6, 6.07) is 23.2. The summed E-state index contributed by atoms with van der Waals surface area (Å²) < 4.78 is 0. The predicted octanol–water partition coefficient (Wildman–Crippen LogP) is 4.59. The minimum Gasteiger partial charge on any atom is -0.374 e. The fraction of sp³-hybridized carbons (Fsp3) is 0.105. The maximum Gasteiger partial charge on any atom is 0.0768 e. The summed E-state index contributed by atoms with van der Waals surface area (Å²) in [6.07, 6.45) is 3.67. The molecule has 0 saturated heterocycles. The van der Waals surface area contributed by atoms with E-state index in [4.69, 9.17) is 0 Å². The van der Waals surface area contributed by atoms with Crippen LogP contribution in [0.5, 0.6) is 0 Å². The van der Waals surface area contributed by atoms with Crippen molar-refractivity contribution in [2.45, 2.75) is 13.0 Å². The summed E-state index contributed by atoms with van der Waals surface area (Å²) in [5.41, 5.74) is 4.83. The average molecular weight is 274 g/mol. The number of benzene rings is 2. The molecule has 21 heavy (non-hydrogen) atoms. The fourth-order valence-electron chi connectivity index (χ4n) is 2.37. The lowest BCUT2D eigenvalue weighted by Gasteiger charge is -2.21. The summed E-state index contributed by atoms with van der Waals surface area (Å²) in [4.78, 5) is 4.11. The Kier molecular flexibility index (Phi) is 3.97. The van der Waals surface area contributed by atoms with Gasteiger partial charge in [-0.05, 0) is 42.3 Å². The Morgan fingerprint density at radius 2 is 1.38 bits per heavy atom. The second-order valence-corrected chi connectivity index (χ2v) is 5.13. The number of anilines is 1. The SMILES string of the molecule is Cc1ccc(C(Nc2ccccc2)c2ccncc2)cc1. The van der Waals surface area contributed by atoms with E-state index in [2.05, 4.69) is 65.8 Å². The number of para-hydroxylation sites is 1. The number of aryl methyl sites for hydroxylation is 1. The largest absolute Gasteiger partial charge is 0.374 e. The van der Waals surface area contributed by atoms with Crippen molar-refractivity contribution in [3.8, 4) is 0 Å². The first-order valence-corrected chi connectivity index (χ1v) is 7.11. The van der Waals surface area contributed by atoms with E-state index in [1.54, 1.807) is 0 Å². The molecule has 0 spiro atoms. The van der Waals surface area contributed by atoms with E-state index < -0.39 is 0 Å². The van der Waals surface area contributed by atoms with Gasteiger partial charge in [0.25, 0.3) is 0 Å². The first-order chi connectivity index (χ1) is 10.3. The van der Waals surface area contributed by atoms with Crippen LogP contribution in [0.1, 0.15) is 22.7 Å². The van der Waals surface area contributed by atoms with E-state index in [-0.39, 0.29) is 6.04 Å². The lowest BCUT2D eigenvalue weighted by atomic mass is 9.98. The zero-order valence-corrected chi connectivity index (χ0v) is 12.0. The molecule has 1 aromatic heterocycles. The number of hydrogen-bond acceptors (Lipinski definition) is 2. The maximum atomic E-state index is 4.11. The monoisotopic (exact) mass is 274 g/mol. The highest BCUT2D eigenvalue weighted by Gasteiger charge is 2.13. The van der Waals surface area contributed by atoms with Gasteiger partial charge in [-0.2, -0.15) is 0 Å². The van der Waals surface area contributed by atoms with E-state index in [0.717, 1.165) is 5.69 Å². The third kappa shape index (κ3) is 3.29. The van der Waals surface area contributed by atoms with Crippen LogP contribution >= 0.6 is 0 Å². The van der Waals surface area contributed by atoms with Crippen LogP contribution in [-0.2, 0) is 0 Å². The number of pyridine rings is 1. The second-order valence-electron chi connectivity index (χ2n) is 5.13. The van der Waals surface area contributed by atoms with Crippen molar-refractivity contribution in [3.05, 3.63) is 95.8 Å². The zero-order chi connectivity index (χ0) is 14.5. The van der Waals surface area contributed by atoms with Crippen molar-refractivity contribution in [1.29, 1.82) is 0 Å². The molecule has 104 valence electrons. The van der Waals surface area contributed by atoms with Gasteiger partial charge in [-0.1, -0.05) is 48.0 Å². The topological polar surface area (TPSA) is 24.9 Å². The molecule has 2 heteroatoms. The molecule has 0 radical (unpaired) electrons. The van der Waals surface area contributed by atoms with Crippen LogP contribution in [0, 0.1) is 6.92 Å². The van der Waals surface area contributed by atoms with Crippen molar-refractivity contribution in [2.75, 3.05) is 5.32 Å². The van der Waals surface area contributed by atoms with E-state index >= 15 is 0 Å². The third-order valence-corrected chi connectivity index (χ3v) is 3.53. The van der Waals surface area contributed by atoms with Crippen LogP contribution in [0.15, 0.2) is 79.1 Å². The molecule has 1 atom stereocenters. The van der Waals surface area contributed by atoms with Crippen LogP contribution < -0.4 is 5.32 Å². The molecule has 0 aliphatic heterocycles. The number of aromatic nitrogens is 1. The van der Waals surface area contributed by atoms with Gasteiger partial charge in [-0.15, -0.1) is 0 Å². The zero-order valence-electron chi connectivity index (χ0n) is 12.0. The van der Waals surface area contributed by atoms with Gasteiger partial charge in [0.1, 0.15) is 0 Å². The van der Waals surface area contributed by atoms with Crippen molar-refractivity contribution in [1.82, 2.24) is 4.98 Å². The van der Waals surface area contributed by atoms with Gasteiger partial charge >= 0.3 is 0 Å². The van der Waals surface area contributed by atoms with Gasteiger partial charge < -0.3 is 5.32 Å².